The van der Waals surface area contributed by atoms with Crippen LogP contribution in [0.15, 0.2) is 42.5 Å². The molecule has 0 saturated heterocycles. The summed E-state index contributed by atoms with van der Waals surface area (Å²) in [6.45, 7) is 0.223. The van der Waals surface area contributed by atoms with Crippen molar-refractivity contribution in [2.24, 2.45) is 5.92 Å². The number of hydrogen-bond acceptors (Lipinski definition) is 5. The molecule has 0 heterocycles. The van der Waals surface area contributed by atoms with Crippen LogP contribution < -0.4 is 19.5 Å². The summed E-state index contributed by atoms with van der Waals surface area (Å²) in [5.74, 6) is 2.18. The fourth-order valence-corrected chi connectivity index (χ4v) is 3.95. The Labute approximate surface area is 172 Å². The van der Waals surface area contributed by atoms with Crippen molar-refractivity contribution < 1.29 is 23.7 Å². The predicted octanol–water partition coefficient (Wildman–Crippen LogP) is 4.87. The molecule has 1 N–H and O–H groups in total. The van der Waals surface area contributed by atoms with Gasteiger partial charge in [0.05, 0.1) is 32.9 Å². The van der Waals surface area contributed by atoms with Gasteiger partial charge in [-0.1, -0.05) is 43.2 Å². The van der Waals surface area contributed by atoms with Crippen molar-refractivity contribution in [3.8, 4) is 17.2 Å². The van der Waals surface area contributed by atoms with E-state index in [1.807, 2.05) is 42.5 Å². The lowest BCUT2D eigenvalue weighted by molar-refractivity contribution is 0.131. The summed E-state index contributed by atoms with van der Waals surface area (Å²) in [7, 11) is 4.82. The lowest BCUT2D eigenvalue weighted by Gasteiger charge is -2.28. The predicted molar refractivity (Wildman–Crippen MR) is 111 cm³/mol. The van der Waals surface area contributed by atoms with E-state index in [1.54, 1.807) is 21.3 Å². The quantitative estimate of drug-likeness (QED) is 0.686. The highest BCUT2D eigenvalue weighted by atomic mass is 16.5. The molecule has 0 aliphatic heterocycles. The van der Waals surface area contributed by atoms with Crippen LogP contribution in [0.2, 0.25) is 0 Å². The zero-order valence-electron chi connectivity index (χ0n) is 17.3. The maximum Gasteiger partial charge on any atom is 0.407 e. The number of carbonyl (C=O) groups is 1. The summed E-state index contributed by atoms with van der Waals surface area (Å²) in [5, 5.41) is 3.07. The van der Waals surface area contributed by atoms with Crippen molar-refractivity contribution in [2.45, 2.75) is 38.3 Å². The Morgan fingerprint density at radius 1 is 1.00 bits per heavy atom. The number of benzene rings is 2. The van der Waals surface area contributed by atoms with Gasteiger partial charge < -0.3 is 24.3 Å². The second-order valence-corrected chi connectivity index (χ2v) is 7.17. The summed E-state index contributed by atoms with van der Waals surface area (Å²) in [6.07, 6.45) is 3.89. The van der Waals surface area contributed by atoms with Gasteiger partial charge >= 0.3 is 6.09 Å². The zero-order valence-corrected chi connectivity index (χ0v) is 17.3. The molecule has 0 bridgehead atoms. The molecule has 0 spiro atoms. The van der Waals surface area contributed by atoms with Crippen LogP contribution in [-0.2, 0) is 11.3 Å². The monoisotopic (exact) mass is 399 g/mol. The molecule has 0 radical (unpaired) electrons. The molecule has 6 nitrogen and oxygen atoms in total. The summed E-state index contributed by atoms with van der Waals surface area (Å²) >= 11 is 0. The number of nitrogens with one attached hydrogen (secondary N) is 1. The van der Waals surface area contributed by atoms with E-state index in [2.05, 4.69) is 5.32 Å². The Balaban J connectivity index is 1.85. The van der Waals surface area contributed by atoms with E-state index in [4.69, 9.17) is 18.9 Å². The Bertz CT molecular complexity index is 777. The van der Waals surface area contributed by atoms with E-state index in [-0.39, 0.29) is 18.6 Å². The van der Waals surface area contributed by atoms with Crippen LogP contribution >= 0.6 is 0 Å². The zero-order chi connectivity index (χ0) is 20.6. The van der Waals surface area contributed by atoms with Gasteiger partial charge in [0, 0.05) is 12.1 Å². The number of methoxy groups -OCH3 is 3. The first-order valence-electron chi connectivity index (χ1n) is 9.93. The molecule has 2 aromatic carbocycles. The smallest absolute Gasteiger partial charge is 0.407 e. The molecule has 1 fully saturated rings. The fourth-order valence-electron chi connectivity index (χ4n) is 3.95. The number of hydrogen-bond donors (Lipinski definition) is 1. The number of alkyl carbamates (subject to hydrolysis) is 1. The molecule has 1 atom stereocenters. The third kappa shape index (κ3) is 5.13. The molecular weight excluding hydrogens is 370 g/mol. The van der Waals surface area contributed by atoms with Crippen molar-refractivity contribution in [3.05, 3.63) is 53.6 Å². The Hall–Kier alpha value is -2.89. The first-order chi connectivity index (χ1) is 14.2. The van der Waals surface area contributed by atoms with Gasteiger partial charge in [0.2, 0.25) is 0 Å². The minimum absolute atomic E-state index is 0.223. The van der Waals surface area contributed by atoms with Gasteiger partial charge in [-0.25, -0.2) is 4.79 Å². The topological polar surface area (TPSA) is 66.0 Å². The molecule has 0 aromatic heterocycles. The first-order valence-corrected chi connectivity index (χ1v) is 9.93. The van der Waals surface area contributed by atoms with Gasteiger partial charge in [0.1, 0.15) is 23.9 Å². The highest BCUT2D eigenvalue weighted by Crippen LogP contribution is 2.45. The van der Waals surface area contributed by atoms with E-state index in [0.717, 1.165) is 36.8 Å². The normalized spacial score (nSPS) is 14.9. The Morgan fingerprint density at radius 2 is 1.62 bits per heavy atom. The van der Waals surface area contributed by atoms with Crippen LogP contribution in [0.1, 0.15) is 42.9 Å². The van der Waals surface area contributed by atoms with Crippen molar-refractivity contribution in [3.63, 3.8) is 0 Å². The van der Waals surface area contributed by atoms with E-state index in [9.17, 15) is 4.79 Å². The minimum atomic E-state index is -0.453. The van der Waals surface area contributed by atoms with Gasteiger partial charge in [-0.2, -0.15) is 0 Å². The van der Waals surface area contributed by atoms with Gasteiger partial charge in [-0.3, -0.25) is 0 Å². The number of amides is 1. The van der Waals surface area contributed by atoms with Gasteiger partial charge in [-0.05, 0) is 24.3 Å². The van der Waals surface area contributed by atoms with Gasteiger partial charge in [0.15, 0.2) is 0 Å². The number of rotatable bonds is 8. The molecule has 1 unspecified atom stereocenters. The molecule has 6 heteroatoms. The Morgan fingerprint density at radius 3 is 2.17 bits per heavy atom. The molecule has 156 valence electrons. The largest absolute Gasteiger partial charge is 0.496 e. The van der Waals surface area contributed by atoms with E-state index in [1.165, 1.54) is 0 Å². The van der Waals surface area contributed by atoms with Crippen LogP contribution in [0.3, 0.4) is 0 Å². The highest BCUT2D eigenvalue weighted by molar-refractivity contribution is 5.69. The van der Waals surface area contributed by atoms with Crippen molar-refractivity contribution >= 4 is 6.09 Å². The van der Waals surface area contributed by atoms with Crippen molar-refractivity contribution in [1.29, 1.82) is 0 Å². The summed E-state index contributed by atoms with van der Waals surface area (Å²) < 4.78 is 22.1. The van der Waals surface area contributed by atoms with Crippen LogP contribution in [0.25, 0.3) is 0 Å². The third-order valence-electron chi connectivity index (χ3n) is 5.42. The average Bonchev–Trinajstić information content (AvgIpc) is 3.30. The molecule has 1 aliphatic carbocycles. The highest BCUT2D eigenvalue weighted by Gasteiger charge is 2.33. The van der Waals surface area contributed by atoms with Crippen molar-refractivity contribution in [1.82, 2.24) is 5.32 Å². The first kappa shape index (κ1) is 20.8. The standard InChI is InChI=1S/C23H29NO5/c1-26-18-13-19(27-2)21(20(14-18)28-3)22(17-11-7-8-12-17)24-23(25)29-15-16-9-5-4-6-10-16/h4-6,9-10,13-14,17,22H,7-8,11-12,15H2,1-3H3,(H,24,25). The summed E-state index contributed by atoms with van der Waals surface area (Å²) in [5.41, 5.74) is 1.76. The number of carbonyl (C=O) groups excluding carboxylic acids is 1. The van der Waals surface area contributed by atoms with Crippen LogP contribution in [-0.4, -0.2) is 27.4 Å². The molecule has 1 aliphatic rings. The SMILES string of the molecule is COc1cc(OC)c(C(NC(=O)OCc2ccccc2)C2CCCC2)c(OC)c1. The number of ether oxygens (including phenoxy) is 4. The van der Waals surface area contributed by atoms with E-state index < -0.39 is 6.09 Å². The summed E-state index contributed by atoms with van der Waals surface area (Å²) in [4.78, 5) is 12.6. The third-order valence-corrected chi connectivity index (χ3v) is 5.42. The van der Waals surface area contributed by atoms with Crippen LogP contribution in [0.4, 0.5) is 4.79 Å². The summed E-state index contributed by atoms with van der Waals surface area (Å²) in [6, 6.07) is 13.0. The molecule has 1 amide bonds. The van der Waals surface area contributed by atoms with Crippen LogP contribution in [0.5, 0.6) is 17.2 Å². The molecule has 3 rings (SSSR count). The molecular formula is C23H29NO5. The van der Waals surface area contributed by atoms with Gasteiger partial charge in [-0.15, -0.1) is 0 Å². The molecule has 1 saturated carbocycles. The molecule has 2 aromatic rings. The second kappa shape index (κ2) is 10.0. The second-order valence-electron chi connectivity index (χ2n) is 7.17. The maximum absolute atomic E-state index is 12.6. The van der Waals surface area contributed by atoms with E-state index in [0.29, 0.717) is 17.2 Å². The Kier molecular flexibility index (Phi) is 7.22. The lowest BCUT2D eigenvalue weighted by Crippen LogP contribution is -2.33. The fraction of sp³-hybridized carbons (Fsp3) is 0.435. The average molecular weight is 399 g/mol. The minimum Gasteiger partial charge on any atom is -0.496 e. The van der Waals surface area contributed by atoms with Crippen molar-refractivity contribution in [2.75, 3.05) is 21.3 Å². The van der Waals surface area contributed by atoms with E-state index >= 15 is 0 Å². The lowest BCUT2D eigenvalue weighted by atomic mass is 9.90. The molecule has 29 heavy (non-hydrogen) atoms. The van der Waals surface area contributed by atoms with Crippen LogP contribution in [0, 0.1) is 5.92 Å². The van der Waals surface area contributed by atoms with Gasteiger partial charge in [0.25, 0.3) is 0 Å². The maximum atomic E-state index is 12.6.